The van der Waals surface area contributed by atoms with Crippen LogP contribution < -0.4 is 0 Å². The zero-order chi connectivity index (χ0) is 18.8. The van der Waals surface area contributed by atoms with Crippen molar-refractivity contribution in [3.05, 3.63) is 5.89 Å². The van der Waals surface area contributed by atoms with Gasteiger partial charge in [0.05, 0.1) is 24.6 Å². The maximum atomic E-state index is 12.6. The number of aryl methyl sites for hydroxylation is 1. The predicted molar refractivity (Wildman–Crippen MR) is 96.9 cm³/mol. The first-order valence-corrected chi connectivity index (χ1v) is 10.0. The Labute approximate surface area is 158 Å². The average molecular weight is 385 g/mol. The van der Waals surface area contributed by atoms with Gasteiger partial charge in [-0.05, 0) is 6.42 Å². The lowest BCUT2D eigenvalue weighted by Gasteiger charge is -2.52. The summed E-state index contributed by atoms with van der Waals surface area (Å²) in [5.74, 6) is 0.791. The van der Waals surface area contributed by atoms with Crippen molar-refractivity contribution >= 4 is 17.7 Å². The number of rotatable bonds is 5. The number of thioether (sulfide) groups is 1. The Bertz CT molecular complexity index is 632. The van der Waals surface area contributed by atoms with Gasteiger partial charge in [-0.2, -0.15) is 0 Å². The fourth-order valence-corrected chi connectivity index (χ4v) is 4.26. The number of carbonyl (C=O) groups is 1. The van der Waals surface area contributed by atoms with E-state index in [0.717, 1.165) is 13.1 Å². The monoisotopic (exact) mass is 384 g/mol. The second-order valence-electron chi connectivity index (χ2n) is 7.74. The summed E-state index contributed by atoms with van der Waals surface area (Å²) in [4.78, 5) is 16.7. The van der Waals surface area contributed by atoms with Crippen LogP contribution in [0.1, 0.15) is 26.2 Å². The van der Waals surface area contributed by atoms with Gasteiger partial charge in [0, 0.05) is 45.1 Å². The number of hydrogen-bond donors (Lipinski definition) is 1. The number of ether oxygens (including phenoxy) is 1. The molecule has 2 saturated heterocycles. The number of nitrogens with zero attached hydrogens (tertiary/aromatic N) is 4. The molecule has 3 rings (SSSR count). The van der Waals surface area contributed by atoms with E-state index in [1.165, 1.54) is 11.8 Å². The molecule has 3 heterocycles. The smallest absolute Gasteiger partial charge is 0.277 e. The molecule has 0 aliphatic carbocycles. The molecule has 0 spiro atoms. The fraction of sp³-hybridized carbons (Fsp3) is 0.824. The van der Waals surface area contributed by atoms with Crippen molar-refractivity contribution in [1.82, 2.24) is 20.0 Å². The maximum Gasteiger partial charge on any atom is 0.277 e. The van der Waals surface area contributed by atoms with Crippen LogP contribution >= 0.6 is 11.8 Å². The van der Waals surface area contributed by atoms with Gasteiger partial charge in [-0.25, -0.2) is 0 Å². The van der Waals surface area contributed by atoms with Crippen LogP contribution in [-0.4, -0.2) is 88.3 Å². The summed E-state index contributed by atoms with van der Waals surface area (Å²) in [6.07, 6.45) is 0.577. The minimum atomic E-state index is -0.808. The number of aliphatic hydroxyl groups is 1. The average Bonchev–Trinajstić information content (AvgIpc) is 3.01. The van der Waals surface area contributed by atoms with Gasteiger partial charge in [-0.1, -0.05) is 25.6 Å². The van der Waals surface area contributed by atoms with E-state index in [0.29, 0.717) is 50.4 Å². The number of amides is 1. The van der Waals surface area contributed by atoms with Crippen molar-refractivity contribution in [3.8, 4) is 0 Å². The van der Waals surface area contributed by atoms with E-state index < -0.39 is 5.60 Å². The van der Waals surface area contributed by atoms with Crippen LogP contribution in [0.5, 0.6) is 0 Å². The lowest BCUT2D eigenvalue weighted by atomic mass is 9.69. The van der Waals surface area contributed by atoms with Gasteiger partial charge in [0.15, 0.2) is 0 Å². The summed E-state index contributed by atoms with van der Waals surface area (Å²) in [5.41, 5.74) is -1.19. The summed E-state index contributed by atoms with van der Waals surface area (Å²) < 4.78 is 10.7. The number of likely N-dealkylation sites (tertiary alicyclic amines) is 1. The van der Waals surface area contributed by atoms with Crippen LogP contribution in [0.15, 0.2) is 9.64 Å². The molecule has 0 bridgehead atoms. The Morgan fingerprint density at radius 1 is 1.27 bits per heavy atom. The highest BCUT2D eigenvalue weighted by Gasteiger charge is 2.49. The van der Waals surface area contributed by atoms with Gasteiger partial charge in [0.1, 0.15) is 0 Å². The topological polar surface area (TPSA) is 91.9 Å². The van der Waals surface area contributed by atoms with Crippen molar-refractivity contribution in [2.45, 2.75) is 38.0 Å². The fourth-order valence-electron chi connectivity index (χ4n) is 3.55. The molecule has 1 atom stereocenters. The van der Waals surface area contributed by atoms with Gasteiger partial charge in [0.25, 0.3) is 5.22 Å². The van der Waals surface area contributed by atoms with Crippen LogP contribution in [-0.2, 0) is 9.53 Å². The Kier molecular flexibility index (Phi) is 5.91. The van der Waals surface area contributed by atoms with E-state index in [1.807, 2.05) is 18.7 Å². The third-order valence-electron chi connectivity index (χ3n) is 5.41. The molecule has 0 saturated carbocycles. The largest absolute Gasteiger partial charge is 0.416 e. The summed E-state index contributed by atoms with van der Waals surface area (Å²) in [5, 5.41) is 19.4. The zero-order valence-corrected chi connectivity index (χ0v) is 16.5. The molecule has 2 aliphatic rings. The minimum Gasteiger partial charge on any atom is -0.416 e. The number of morpholine rings is 1. The maximum absolute atomic E-state index is 12.6. The molecule has 2 fully saturated rings. The van der Waals surface area contributed by atoms with E-state index in [9.17, 15) is 9.90 Å². The van der Waals surface area contributed by atoms with Crippen LogP contribution in [0, 0.1) is 12.3 Å². The molecule has 1 aromatic heterocycles. The Hall–Kier alpha value is -1.16. The van der Waals surface area contributed by atoms with E-state index in [2.05, 4.69) is 15.1 Å². The van der Waals surface area contributed by atoms with Gasteiger partial charge in [-0.15, -0.1) is 10.2 Å². The van der Waals surface area contributed by atoms with Crippen molar-refractivity contribution in [3.63, 3.8) is 0 Å². The number of carbonyl (C=O) groups excluding carboxylic acids is 1. The minimum absolute atomic E-state index is 0.0346. The van der Waals surface area contributed by atoms with Gasteiger partial charge < -0.3 is 19.2 Å². The summed E-state index contributed by atoms with van der Waals surface area (Å²) in [6.45, 7) is 10.7. The number of aromatic nitrogens is 2. The molecule has 8 nitrogen and oxygen atoms in total. The van der Waals surface area contributed by atoms with Crippen molar-refractivity contribution in [2.75, 3.05) is 51.7 Å². The number of piperidine rings is 1. The molecule has 0 aromatic carbocycles. The molecule has 26 heavy (non-hydrogen) atoms. The first-order valence-electron chi connectivity index (χ1n) is 9.02. The predicted octanol–water partition coefficient (Wildman–Crippen LogP) is 0.792. The standard InChI is InChI=1S/C17H28N4O4S/c1-13-18-19-15(25-13)26-10-14(22)21-5-4-17(23,16(2,3)11-21)12-20-6-8-24-9-7-20/h23H,4-12H2,1-3H3/t17-/m1/s1. The summed E-state index contributed by atoms with van der Waals surface area (Å²) in [7, 11) is 0. The first-order chi connectivity index (χ1) is 12.3. The highest BCUT2D eigenvalue weighted by molar-refractivity contribution is 7.99. The molecule has 146 valence electrons. The Balaban J connectivity index is 1.55. The lowest BCUT2D eigenvalue weighted by Crippen LogP contribution is -2.63. The van der Waals surface area contributed by atoms with Crippen LogP contribution in [0.4, 0.5) is 0 Å². The molecule has 1 N–H and O–H groups in total. The second-order valence-corrected chi connectivity index (χ2v) is 8.67. The van der Waals surface area contributed by atoms with Crippen LogP contribution in [0.25, 0.3) is 0 Å². The molecule has 1 amide bonds. The lowest BCUT2D eigenvalue weighted by molar-refractivity contribution is -0.155. The molecular weight excluding hydrogens is 356 g/mol. The third-order valence-corrected chi connectivity index (χ3v) is 6.21. The zero-order valence-electron chi connectivity index (χ0n) is 15.7. The molecule has 0 radical (unpaired) electrons. The third kappa shape index (κ3) is 4.39. The van der Waals surface area contributed by atoms with E-state index in [4.69, 9.17) is 9.15 Å². The van der Waals surface area contributed by atoms with Crippen molar-refractivity contribution in [1.29, 1.82) is 0 Å². The van der Waals surface area contributed by atoms with E-state index >= 15 is 0 Å². The van der Waals surface area contributed by atoms with Gasteiger partial charge in [-0.3, -0.25) is 9.69 Å². The summed E-state index contributed by atoms with van der Waals surface area (Å²) in [6, 6.07) is 0. The highest BCUT2D eigenvalue weighted by atomic mass is 32.2. The van der Waals surface area contributed by atoms with Crippen LogP contribution in [0.2, 0.25) is 0 Å². The quantitative estimate of drug-likeness (QED) is 0.745. The first kappa shape index (κ1) is 19.6. The normalized spacial score (nSPS) is 26.8. The molecule has 1 aromatic rings. The number of β-amino-alcohol motifs (C(OH)–C–C–N with tert-alkyl or cyclic N) is 1. The van der Waals surface area contributed by atoms with Gasteiger partial charge in [0.2, 0.25) is 11.8 Å². The van der Waals surface area contributed by atoms with Gasteiger partial charge >= 0.3 is 0 Å². The van der Waals surface area contributed by atoms with Crippen LogP contribution in [0.3, 0.4) is 0 Å². The van der Waals surface area contributed by atoms with Crippen molar-refractivity contribution < 1.29 is 19.1 Å². The number of hydrogen-bond acceptors (Lipinski definition) is 8. The molecule has 9 heteroatoms. The molecular formula is C17H28N4O4S. The summed E-state index contributed by atoms with van der Waals surface area (Å²) >= 11 is 1.26. The Morgan fingerprint density at radius 3 is 2.62 bits per heavy atom. The van der Waals surface area contributed by atoms with E-state index in [1.54, 1.807) is 6.92 Å². The highest BCUT2D eigenvalue weighted by Crippen LogP contribution is 2.39. The second kappa shape index (κ2) is 7.84. The molecule has 0 unspecified atom stereocenters. The van der Waals surface area contributed by atoms with Crippen molar-refractivity contribution in [2.24, 2.45) is 5.41 Å². The SMILES string of the molecule is Cc1nnc(SCC(=O)N2CC[C@@](O)(CN3CCOCC3)C(C)(C)C2)o1. The Morgan fingerprint density at radius 2 is 2.00 bits per heavy atom. The molecule has 2 aliphatic heterocycles. The van der Waals surface area contributed by atoms with E-state index in [-0.39, 0.29) is 17.1 Å².